The molecule has 0 heterocycles. The maximum Gasteiger partial charge on any atom is 0.207 e. The summed E-state index contributed by atoms with van der Waals surface area (Å²) in [6.07, 6.45) is 3.12. The Balaban J connectivity index is 2.11. The second-order valence-electron chi connectivity index (χ2n) is 8.03. The fourth-order valence-corrected chi connectivity index (χ4v) is 3.60. The number of nitrogens with one attached hydrogen (secondary N) is 1. The fourth-order valence-electron chi connectivity index (χ4n) is 3.60. The number of carbonyl (C=O) groups excluding carboxylic acids is 1. The second kappa shape index (κ2) is 8.68. The van der Waals surface area contributed by atoms with E-state index in [1.165, 1.54) is 0 Å². The molecule has 0 unspecified atom stereocenters. The Morgan fingerprint density at radius 3 is 2.13 bits per heavy atom. The van der Waals surface area contributed by atoms with Gasteiger partial charge in [0.15, 0.2) is 0 Å². The normalized spacial score (nSPS) is 15.5. The van der Waals surface area contributed by atoms with E-state index in [1.54, 1.807) is 6.08 Å². The van der Waals surface area contributed by atoms with Crippen molar-refractivity contribution in [3.05, 3.63) is 69.6 Å². The van der Waals surface area contributed by atoms with Crippen LogP contribution in [0, 0.1) is 27.7 Å². The van der Waals surface area contributed by atoms with Gasteiger partial charge in [0.25, 0.3) is 0 Å². The zero-order chi connectivity index (χ0) is 22.9. The average Bonchev–Trinajstić information content (AvgIpc) is 2.74. The van der Waals surface area contributed by atoms with Gasteiger partial charge in [-0.05, 0) is 86.7 Å². The maximum atomic E-state index is 13.2. The average molecular weight is 418 g/mol. The summed E-state index contributed by atoms with van der Waals surface area (Å²) < 4.78 is 0. The van der Waals surface area contributed by atoms with Gasteiger partial charge in [0.1, 0.15) is 0 Å². The lowest BCUT2D eigenvalue weighted by Crippen LogP contribution is -2.27. The molecule has 7 N–H and O–H groups in total. The first-order valence-corrected chi connectivity index (χ1v) is 10.5. The highest BCUT2D eigenvalue weighted by molar-refractivity contribution is 6.25. The third kappa shape index (κ3) is 4.19. The molecule has 31 heavy (non-hydrogen) atoms. The van der Waals surface area contributed by atoms with E-state index >= 15 is 0 Å². The lowest BCUT2D eigenvalue weighted by atomic mass is 9.93. The number of nitrogens with zero attached hydrogens (tertiary/aromatic N) is 1. The van der Waals surface area contributed by atoms with E-state index in [4.69, 9.17) is 22.2 Å². The Labute approximate surface area is 183 Å². The zero-order valence-electron chi connectivity index (χ0n) is 18.9. The minimum atomic E-state index is -0.0996. The van der Waals surface area contributed by atoms with Crippen molar-refractivity contribution in [1.82, 2.24) is 0 Å². The summed E-state index contributed by atoms with van der Waals surface area (Å²) in [6.45, 7) is 9.92. The van der Waals surface area contributed by atoms with E-state index < -0.39 is 0 Å². The molecule has 1 aliphatic carbocycles. The molecule has 2 aromatic rings. The van der Waals surface area contributed by atoms with Gasteiger partial charge >= 0.3 is 0 Å². The monoisotopic (exact) mass is 417 g/mol. The molecule has 2 aromatic carbocycles. The standard InChI is InChI=1S/C25H31N5O/c1-6-7-17-24(28)22(29-20-10-8-18(26)13(2)15(20)4)12-23(25(17)31)30-21-11-9-19(27)14(3)16(21)5/h8-12,30H,6-7,26-28H2,1-5H3/b29-22-. The van der Waals surface area contributed by atoms with Crippen LogP contribution in [0.3, 0.4) is 0 Å². The number of nitrogens with two attached hydrogens (primary N) is 3. The van der Waals surface area contributed by atoms with Gasteiger partial charge in [-0.2, -0.15) is 0 Å². The van der Waals surface area contributed by atoms with Gasteiger partial charge in [0, 0.05) is 22.6 Å². The molecular formula is C25H31N5O. The lowest BCUT2D eigenvalue weighted by molar-refractivity contribution is -0.112. The highest BCUT2D eigenvalue weighted by atomic mass is 16.1. The van der Waals surface area contributed by atoms with Gasteiger partial charge in [-0.15, -0.1) is 0 Å². The van der Waals surface area contributed by atoms with E-state index in [0.717, 1.165) is 51.4 Å². The van der Waals surface area contributed by atoms with E-state index in [-0.39, 0.29) is 5.78 Å². The van der Waals surface area contributed by atoms with Crippen molar-refractivity contribution in [2.45, 2.75) is 47.5 Å². The van der Waals surface area contributed by atoms with Gasteiger partial charge < -0.3 is 22.5 Å². The number of aliphatic imine (C=N–C) groups is 1. The van der Waals surface area contributed by atoms with Crippen LogP contribution >= 0.6 is 0 Å². The van der Waals surface area contributed by atoms with Crippen LogP contribution in [0.4, 0.5) is 22.7 Å². The van der Waals surface area contributed by atoms with Gasteiger partial charge in [-0.3, -0.25) is 4.79 Å². The smallest absolute Gasteiger partial charge is 0.207 e. The summed E-state index contributed by atoms with van der Waals surface area (Å²) in [5.74, 6) is -0.0996. The van der Waals surface area contributed by atoms with Crippen molar-refractivity contribution in [1.29, 1.82) is 0 Å². The van der Waals surface area contributed by atoms with Gasteiger partial charge in [0.05, 0.1) is 22.8 Å². The topological polar surface area (TPSA) is 120 Å². The van der Waals surface area contributed by atoms with Crippen LogP contribution < -0.4 is 22.5 Å². The molecule has 0 atom stereocenters. The minimum absolute atomic E-state index is 0.0996. The highest BCUT2D eigenvalue weighted by Crippen LogP contribution is 2.30. The third-order valence-electron chi connectivity index (χ3n) is 6.04. The summed E-state index contributed by atoms with van der Waals surface area (Å²) in [7, 11) is 0. The molecule has 0 radical (unpaired) electrons. The maximum absolute atomic E-state index is 13.2. The predicted molar refractivity (Wildman–Crippen MR) is 131 cm³/mol. The molecule has 0 saturated carbocycles. The number of benzene rings is 2. The Morgan fingerprint density at radius 2 is 1.48 bits per heavy atom. The van der Waals surface area contributed by atoms with E-state index in [1.807, 2.05) is 58.9 Å². The first-order valence-electron chi connectivity index (χ1n) is 10.5. The zero-order valence-corrected chi connectivity index (χ0v) is 18.9. The van der Waals surface area contributed by atoms with Crippen LogP contribution in [0.1, 0.15) is 42.0 Å². The number of anilines is 3. The molecule has 0 aromatic heterocycles. The highest BCUT2D eigenvalue weighted by Gasteiger charge is 2.26. The number of ketones is 1. The summed E-state index contributed by atoms with van der Waals surface area (Å²) in [5, 5.41) is 3.29. The summed E-state index contributed by atoms with van der Waals surface area (Å²) in [4.78, 5) is 18.0. The van der Waals surface area contributed by atoms with Crippen molar-refractivity contribution in [3.8, 4) is 0 Å². The first kappa shape index (κ1) is 22.2. The van der Waals surface area contributed by atoms with Gasteiger partial charge in [-0.25, -0.2) is 4.99 Å². The molecule has 0 fully saturated rings. The van der Waals surface area contributed by atoms with E-state index in [0.29, 0.717) is 29.1 Å². The number of Topliss-reactive ketones (excluding diaryl/α,β-unsaturated/α-hetero) is 1. The Morgan fingerprint density at radius 1 is 0.871 bits per heavy atom. The minimum Gasteiger partial charge on any atom is -0.399 e. The molecule has 162 valence electrons. The largest absolute Gasteiger partial charge is 0.399 e. The van der Waals surface area contributed by atoms with Crippen molar-refractivity contribution >= 4 is 34.2 Å². The van der Waals surface area contributed by atoms with Gasteiger partial charge in [-0.1, -0.05) is 13.3 Å². The number of rotatable bonds is 5. The van der Waals surface area contributed by atoms with Crippen molar-refractivity contribution in [2.75, 3.05) is 16.8 Å². The number of allylic oxidation sites excluding steroid dienone is 2. The van der Waals surface area contributed by atoms with Crippen LogP contribution in [0.25, 0.3) is 0 Å². The SMILES string of the molecule is CCCC1=C(N)/C(=N\c2ccc(N)c(C)c2C)C=C(Nc2ccc(N)c(C)c2C)C1=O. The van der Waals surface area contributed by atoms with E-state index in [2.05, 4.69) is 5.32 Å². The van der Waals surface area contributed by atoms with Crippen molar-refractivity contribution in [2.24, 2.45) is 10.7 Å². The number of nitrogen functional groups attached to an aromatic ring is 2. The van der Waals surface area contributed by atoms with Crippen LogP contribution in [0.5, 0.6) is 0 Å². The molecule has 0 spiro atoms. The number of hydrogen-bond donors (Lipinski definition) is 4. The fraction of sp³-hybridized carbons (Fsp3) is 0.280. The molecule has 6 nitrogen and oxygen atoms in total. The van der Waals surface area contributed by atoms with Crippen LogP contribution in [-0.4, -0.2) is 11.5 Å². The molecular weight excluding hydrogens is 386 g/mol. The molecule has 0 amide bonds. The third-order valence-corrected chi connectivity index (χ3v) is 6.04. The van der Waals surface area contributed by atoms with E-state index in [9.17, 15) is 4.79 Å². The van der Waals surface area contributed by atoms with Crippen molar-refractivity contribution in [3.63, 3.8) is 0 Å². The Bertz CT molecular complexity index is 1150. The van der Waals surface area contributed by atoms with Crippen LogP contribution in [0.2, 0.25) is 0 Å². The first-order chi connectivity index (χ1) is 14.6. The van der Waals surface area contributed by atoms with Gasteiger partial charge in [0.2, 0.25) is 5.78 Å². The quantitative estimate of drug-likeness (QED) is 0.413. The number of carbonyl (C=O) groups is 1. The summed E-state index contributed by atoms with van der Waals surface area (Å²) in [6, 6.07) is 7.44. The molecule has 0 saturated heterocycles. The van der Waals surface area contributed by atoms with Crippen LogP contribution in [0.15, 0.2) is 52.3 Å². The summed E-state index contributed by atoms with van der Waals surface area (Å²) in [5.41, 5.74) is 27.5. The Kier molecular flexibility index (Phi) is 6.20. The molecule has 6 heteroatoms. The molecule has 0 aliphatic heterocycles. The lowest BCUT2D eigenvalue weighted by Gasteiger charge is -2.22. The molecule has 0 bridgehead atoms. The molecule has 1 aliphatic rings. The Hall–Kier alpha value is -3.54. The van der Waals surface area contributed by atoms with Crippen molar-refractivity contribution < 1.29 is 4.79 Å². The molecule has 3 rings (SSSR count). The number of hydrogen-bond acceptors (Lipinski definition) is 6. The predicted octanol–water partition coefficient (Wildman–Crippen LogP) is 4.75. The van der Waals surface area contributed by atoms with Crippen LogP contribution in [-0.2, 0) is 4.79 Å². The summed E-state index contributed by atoms with van der Waals surface area (Å²) >= 11 is 0. The second-order valence-corrected chi connectivity index (χ2v) is 8.03.